The smallest absolute Gasteiger partial charge is 0.319 e. The van der Waals surface area contributed by atoms with Gasteiger partial charge in [0.2, 0.25) is 0 Å². The zero-order valence-electron chi connectivity index (χ0n) is 9.09. The molecule has 0 aliphatic rings. The Morgan fingerprint density at radius 3 is 2.53 bits per heavy atom. The molecule has 17 heavy (non-hydrogen) atoms. The van der Waals surface area contributed by atoms with E-state index in [1.165, 1.54) is 7.11 Å². The Labute approximate surface area is 96.8 Å². The van der Waals surface area contributed by atoms with Crippen molar-refractivity contribution in [3.8, 4) is 6.07 Å². The predicted octanol–water partition coefficient (Wildman–Crippen LogP) is 1.10. The lowest BCUT2D eigenvalue weighted by atomic mass is 10.1. The number of carbonyl (C=O) groups excluding carboxylic acids is 1. The van der Waals surface area contributed by atoms with Crippen molar-refractivity contribution in [3.63, 3.8) is 0 Å². The standard InChI is InChI=1S/C11H10F2N2O2/c1-17-11(16)6-15-5-8-9(12)2-7(4-14)3-10(8)13/h2-3,15H,5-6H2,1H3. The number of hydrogen-bond acceptors (Lipinski definition) is 4. The summed E-state index contributed by atoms with van der Waals surface area (Å²) in [5, 5.41) is 11.0. The van der Waals surface area contributed by atoms with Crippen LogP contribution in [-0.4, -0.2) is 19.6 Å². The highest BCUT2D eigenvalue weighted by atomic mass is 19.1. The molecule has 1 aromatic carbocycles. The molecule has 0 aromatic heterocycles. The van der Waals surface area contributed by atoms with Gasteiger partial charge in [-0.3, -0.25) is 4.79 Å². The zero-order chi connectivity index (χ0) is 12.8. The van der Waals surface area contributed by atoms with Gasteiger partial charge in [0.25, 0.3) is 0 Å². The van der Waals surface area contributed by atoms with Crippen molar-refractivity contribution < 1.29 is 18.3 Å². The first-order chi connectivity index (χ1) is 8.08. The van der Waals surface area contributed by atoms with E-state index in [-0.39, 0.29) is 24.2 Å². The molecule has 0 saturated carbocycles. The van der Waals surface area contributed by atoms with E-state index in [4.69, 9.17) is 5.26 Å². The molecular formula is C11H10F2N2O2. The Morgan fingerprint density at radius 1 is 1.47 bits per heavy atom. The molecule has 4 nitrogen and oxygen atoms in total. The third-order valence-electron chi connectivity index (χ3n) is 2.07. The van der Waals surface area contributed by atoms with Gasteiger partial charge in [-0.1, -0.05) is 0 Å². The first-order valence-corrected chi connectivity index (χ1v) is 4.74. The van der Waals surface area contributed by atoms with Crippen molar-refractivity contribution in [2.45, 2.75) is 6.54 Å². The van der Waals surface area contributed by atoms with Crippen LogP contribution in [0.2, 0.25) is 0 Å². The normalized spacial score (nSPS) is 9.76. The van der Waals surface area contributed by atoms with Crippen molar-refractivity contribution >= 4 is 5.97 Å². The Bertz CT molecular complexity index is 446. The second-order valence-electron chi connectivity index (χ2n) is 3.21. The number of esters is 1. The third kappa shape index (κ3) is 3.50. The highest BCUT2D eigenvalue weighted by molar-refractivity contribution is 5.71. The molecule has 0 fully saturated rings. The summed E-state index contributed by atoms with van der Waals surface area (Å²) in [6, 6.07) is 3.53. The molecule has 0 atom stereocenters. The zero-order valence-corrected chi connectivity index (χ0v) is 9.09. The largest absolute Gasteiger partial charge is 0.468 e. The maximum absolute atomic E-state index is 13.4. The molecule has 0 spiro atoms. The van der Waals surface area contributed by atoms with Gasteiger partial charge in [0.15, 0.2) is 0 Å². The maximum atomic E-state index is 13.4. The first kappa shape index (κ1) is 13.1. The lowest BCUT2D eigenvalue weighted by Gasteiger charge is -2.06. The van der Waals surface area contributed by atoms with Gasteiger partial charge in [-0.2, -0.15) is 5.26 Å². The van der Waals surface area contributed by atoms with Crippen molar-refractivity contribution in [2.75, 3.05) is 13.7 Å². The van der Waals surface area contributed by atoms with Crippen LogP contribution in [0.4, 0.5) is 8.78 Å². The SMILES string of the molecule is COC(=O)CNCc1c(F)cc(C#N)cc1F. The van der Waals surface area contributed by atoms with E-state index in [1.54, 1.807) is 6.07 Å². The van der Waals surface area contributed by atoms with Gasteiger partial charge in [-0.05, 0) is 12.1 Å². The van der Waals surface area contributed by atoms with Crippen LogP contribution in [0.3, 0.4) is 0 Å². The summed E-state index contributed by atoms with van der Waals surface area (Å²) >= 11 is 0. The summed E-state index contributed by atoms with van der Waals surface area (Å²) in [6.45, 7) is -0.298. The minimum absolute atomic E-state index is 0.0864. The number of benzene rings is 1. The van der Waals surface area contributed by atoms with Crippen LogP contribution in [0.15, 0.2) is 12.1 Å². The molecule has 0 bridgehead atoms. The van der Waals surface area contributed by atoms with Crippen molar-refractivity contribution in [2.24, 2.45) is 0 Å². The van der Waals surface area contributed by atoms with E-state index in [9.17, 15) is 13.6 Å². The molecule has 1 rings (SSSR count). The fourth-order valence-corrected chi connectivity index (χ4v) is 1.20. The Morgan fingerprint density at radius 2 is 2.06 bits per heavy atom. The summed E-state index contributed by atoms with van der Waals surface area (Å²) in [5.74, 6) is -2.17. The lowest BCUT2D eigenvalue weighted by Crippen LogP contribution is -2.24. The molecule has 0 aliphatic carbocycles. The van der Waals surface area contributed by atoms with E-state index in [1.807, 2.05) is 0 Å². The number of ether oxygens (including phenoxy) is 1. The summed E-state index contributed by atoms with van der Waals surface area (Å²) in [6.07, 6.45) is 0. The van der Waals surface area contributed by atoms with Gasteiger partial charge >= 0.3 is 5.97 Å². The highest BCUT2D eigenvalue weighted by Crippen LogP contribution is 2.14. The van der Waals surface area contributed by atoms with E-state index < -0.39 is 17.6 Å². The summed E-state index contributed by atoms with van der Waals surface area (Å²) in [5.41, 5.74) is -0.301. The van der Waals surface area contributed by atoms with E-state index in [0.29, 0.717) is 0 Å². The van der Waals surface area contributed by atoms with Crippen LogP contribution >= 0.6 is 0 Å². The molecule has 6 heteroatoms. The molecular weight excluding hydrogens is 230 g/mol. The number of halogens is 2. The van der Waals surface area contributed by atoms with Crippen molar-refractivity contribution in [1.82, 2.24) is 5.32 Å². The Kier molecular flexibility index (Phi) is 4.55. The Hall–Kier alpha value is -2.00. The van der Waals surface area contributed by atoms with Crippen LogP contribution in [0.5, 0.6) is 0 Å². The fourth-order valence-electron chi connectivity index (χ4n) is 1.20. The molecule has 0 heterocycles. The maximum Gasteiger partial charge on any atom is 0.319 e. The van der Waals surface area contributed by atoms with Gasteiger partial charge in [0.05, 0.1) is 25.3 Å². The second kappa shape index (κ2) is 5.92. The van der Waals surface area contributed by atoms with Crippen LogP contribution in [0, 0.1) is 23.0 Å². The van der Waals surface area contributed by atoms with E-state index in [0.717, 1.165) is 12.1 Å². The number of rotatable bonds is 4. The molecule has 90 valence electrons. The molecule has 0 radical (unpaired) electrons. The monoisotopic (exact) mass is 240 g/mol. The van der Waals surface area contributed by atoms with Gasteiger partial charge in [-0.15, -0.1) is 0 Å². The van der Waals surface area contributed by atoms with Gasteiger partial charge in [0.1, 0.15) is 11.6 Å². The molecule has 1 N–H and O–H groups in total. The molecule has 0 aliphatic heterocycles. The number of nitriles is 1. The van der Waals surface area contributed by atoms with Crippen LogP contribution in [0.1, 0.15) is 11.1 Å². The van der Waals surface area contributed by atoms with Crippen LogP contribution in [0.25, 0.3) is 0 Å². The predicted molar refractivity (Wildman–Crippen MR) is 54.8 cm³/mol. The van der Waals surface area contributed by atoms with Crippen LogP contribution in [-0.2, 0) is 16.1 Å². The quantitative estimate of drug-likeness (QED) is 0.800. The molecule has 1 aromatic rings. The average Bonchev–Trinajstić information content (AvgIpc) is 2.31. The van der Waals surface area contributed by atoms with Crippen LogP contribution < -0.4 is 5.32 Å². The number of hydrogen-bond donors (Lipinski definition) is 1. The summed E-state index contributed by atoms with van der Waals surface area (Å²) < 4.78 is 31.1. The number of carbonyl (C=O) groups is 1. The van der Waals surface area contributed by atoms with Gasteiger partial charge < -0.3 is 10.1 Å². The topological polar surface area (TPSA) is 62.1 Å². The average molecular weight is 240 g/mol. The third-order valence-corrected chi connectivity index (χ3v) is 2.07. The number of methoxy groups -OCH3 is 1. The second-order valence-corrected chi connectivity index (χ2v) is 3.21. The minimum Gasteiger partial charge on any atom is -0.468 e. The molecule has 0 saturated heterocycles. The van der Waals surface area contributed by atoms with Crippen molar-refractivity contribution in [1.29, 1.82) is 5.26 Å². The number of nitrogens with one attached hydrogen (secondary N) is 1. The van der Waals surface area contributed by atoms with Gasteiger partial charge in [0, 0.05) is 12.1 Å². The number of nitrogens with zero attached hydrogens (tertiary/aromatic N) is 1. The Balaban J connectivity index is 2.72. The lowest BCUT2D eigenvalue weighted by molar-refractivity contribution is -0.139. The molecule has 0 unspecified atom stereocenters. The fraction of sp³-hybridized carbons (Fsp3) is 0.273. The van der Waals surface area contributed by atoms with E-state index >= 15 is 0 Å². The highest BCUT2D eigenvalue weighted by Gasteiger charge is 2.11. The molecule has 0 amide bonds. The first-order valence-electron chi connectivity index (χ1n) is 4.74. The van der Waals surface area contributed by atoms with Crippen molar-refractivity contribution in [3.05, 3.63) is 34.9 Å². The summed E-state index contributed by atoms with van der Waals surface area (Å²) in [7, 11) is 1.22. The van der Waals surface area contributed by atoms with Gasteiger partial charge in [-0.25, -0.2) is 8.78 Å². The minimum atomic E-state index is -0.820. The summed E-state index contributed by atoms with van der Waals surface area (Å²) in [4.78, 5) is 10.8. The van der Waals surface area contributed by atoms with E-state index in [2.05, 4.69) is 10.1 Å².